The molecule has 4 heteroatoms. The largest absolute Gasteiger partial charge is 0.428 e. The van der Waals surface area contributed by atoms with Crippen molar-refractivity contribution in [3.05, 3.63) is 23.3 Å². The molecule has 0 bridgehead atoms. The summed E-state index contributed by atoms with van der Waals surface area (Å²) in [6, 6.07) is 0. The Labute approximate surface area is 162 Å². The van der Waals surface area contributed by atoms with E-state index in [0.29, 0.717) is 6.42 Å². The molecular formula is C14H22O2Y2-2. The molecule has 2 radical (unpaired) electrons. The minimum Gasteiger partial charge on any atom is -0.428 e. The first-order chi connectivity index (χ1) is 7.33. The van der Waals surface area contributed by atoms with E-state index < -0.39 is 0 Å². The van der Waals surface area contributed by atoms with Gasteiger partial charge >= 0.3 is 0 Å². The quantitative estimate of drug-likeness (QED) is 0.535. The average Bonchev–Trinajstić information content (AvgIpc) is 2.16. The van der Waals surface area contributed by atoms with Crippen molar-refractivity contribution < 1.29 is 75.0 Å². The Balaban J connectivity index is -0.0000000980. The second-order valence-corrected chi connectivity index (χ2v) is 3.72. The predicted molar refractivity (Wildman–Crippen MR) is 66.8 cm³/mol. The topological polar surface area (TPSA) is 34.1 Å². The van der Waals surface area contributed by atoms with Crippen LogP contribution in [0.4, 0.5) is 0 Å². The van der Waals surface area contributed by atoms with Gasteiger partial charge in [-0.15, -0.1) is 0 Å². The van der Waals surface area contributed by atoms with Crippen LogP contribution in [0.3, 0.4) is 0 Å². The number of Topliss-reactive ketones (excluding diaryl/α,β-unsaturated/α-hetero) is 2. The first-order valence-corrected chi connectivity index (χ1v) is 5.53. The fraction of sp³-hybridized carbons (Fsp3) is 0.571. The summed E-state index contributed by atoms with van der Waals surface area (Å²) < 4.78 is 0. The van der Waals surface area contributed by atoms with Crippen molar-refractivity contribution >= 4 is 11.6 Å². The monoisotopic (exact) mass is 400 g/mol. The van der Waals surface area contributed by atoms with E-state index in [0.717, 1.165) is 17.6 Å². The number of hydrogen-bond acceptors (Lipinski definition) is 2. The molecule has 0 aromatic rings. The Hall–Kier alpha value is 1.03. The van der Waals surface area contributed by atoms with Gasteiger partial charge < -0.3 is 21.7 Å². The van der Waals surface area contributed by atoms with Crippen LogP contribution < -0.4 is 0 Å². The molecule has 98 valence electrons. The zero-order valence-corrected chi connectivity index (χ0v) is 18.1. The number of carbonyl (C=O) groups is 2. The standard InChI is InChI=1S/2C7H11O.2Y/c1-4-6(2)5-7(3)8;1-4-7(8)5-6(2)3;;/h2*4H2,1-3H3;;/q2*-1;;. The van der Waals surface area contributed by atoms with Crippen LogP contribution in [0.2, 0.25) is 0 Å². The minimum absolute atomic E-state index is 0. The molecule has 0 unspecified atom stereocenters. The molecule has 0 aliphatic rings. The Bertz CT molecular complexity index is 288. The van der Waals surface area contributed by atoms with Crippen LogP contribution in [0.15, 0.2) is 11.1 Å². The van der Waals surface area contributed by atoms with E-state index in [2.05, 4.69) is 12.2 Å². The normalized spacial score (nSPS) is 8.89. The number of allylic oxidation sites excluding steroid dienone is 4. The van der Waals surface area contributed by atoms with Gasteiger partial charge in [-0.1, -0.05) is 41.0 Å². The Kier molecular flexibility index (Phi) is 27.4. The van der Waals surface area contributed by atoms with Crippen LogP contribution >= 0.6 is 0 Å². The second-order valence-electron chi connectivity index (χ2n) is 3.72. The molecule has 0 aromatic carbocycles. The van der Waals surface area contributed by atoms with Crippen molar-refractivity contribution in [1.29, 1.82) is 0 Å². The van der Waals surface area contributed by atoms with E-state index >= 15 is 0 Å². The smallest absolute Gasteiger partial charge is 0 e. The van der Waals surface area contributed by atoms with Gasteiger partial charge in [0.05, 0.1) is 0 Å². The maximum absolute atomic E-state index is 10.5. The molecule has 0 atom stereocenters. The summed E-state index contributed by atoms with van der Waals surface area (Å²) in [5.41, 5.74) is 1.98. The zero-order valence-electron chi connectivity index (χ0n) is 12.4. The average molecular weight is 400 g/mol. The maximum Gasteiger partial charge on any atom is 0 e. The molecule has 0 saturated carbocycles. The number of hydrogen-bond donors (Lipinski definition) is 0. The third kappa shape index (κ3) is 25.8. The van der Waals surface area contributed by atoms with Gasteiger partial charge in [0.15, 0.2) is 0 Å². The fourth-order valence-electron chi connectivity index (χ4n) is 0.756. The molecule has 2 nitrogen and oxygen atoms in total. The summed E-state index contributed by atoms with van der Waals surface area (Å²) in [7, 11) is 0. The third-order valence-electron chi connectivity index (χ3n) is 1.63. The van der Waals surface area contributed by atoms with E-state index in [9.17, 15) is 9.59 Å². The third-order valence-corrected chi connectivity index (χ3v) is 1.63. The van der Waals surface area contributed by atoms with Crippen molar-refractivity contribution in [2.75, 3.05) is 0 Å². The van der Waals surface area contributed by atoms with Gasteiger partial charge in [0.25, 0.3) is 0 Å². The van der Waals surface area contributed by atoms with Gasteiger partial charge in [-0.25, -0.2) is 0 Å². The molecule has 0 rings (SSSR count). The molecule has 0 N–H and O–H groups in total. The molecule has 0 saturated heterocycles. The summed E-state index contributed by atoms with van der Waals surface area (Å²) >= 11 is 0. The van der Waals surface area contributed by atoms with Crippen LogP contribution in [-0.2, 0) is 75.0 Å². The molecule has 0 fully saturated rings. The molecule has 0 spiro atoms. The Morgan fingerprint density at radius 3 is 1.39 bits per heavy atom. The molecule has 0 aromatic heterocycles. The number of ketones is 2. The van der Waals surface area contributed by atoms with Crippen LogP contribution in [-0.4, -0.2) is 11.6 Å². The van der Waals surface area contributed by atoms with Crippen LogP contribution in [0.25, 0.3) is 0 Å². The van der Waals surface area contributed by atoms with Crippen molar-refractivity contribution in [3.8, 4) is 0 Å². The van der Waals surface area contributed by atoms with Crippen LogP contribution in [0, 0.1) is 12.2 Å². The zero-order chi connectivity index (χ0) is 13.1. The number of rotatable bonds is 4. The van der Waals surface area contributed by atoms with Gasteiger partial charge in [0.1, 0.15) is 0 Å². The molecule has 0 aliphatic carbocycles. The summed E-state index contributed by atoms with van der Waals surface area (Å²) in [6.45, 7) is 11.0. The summed E-state index contributed by atoms with van der Waals surface area (Å²) in [4.78, 5) is 20.8. The van der Waals surface area contributed by atoms with Gasteiger partial charge in [-0.05, 0) is 24.9 Å². The second kappa shape index (κ2) is 18.0. The van der Waals surface area contributed by atoms with E-state index in [-0.39, 0.29) is 77.0 Å². The van der Waals surface area contributed by atoms with E-state index in [1.165, 1.54) is 6.92 Å². The molecule has 0 aliphatic heterocycles. The van der Waals surface area contributed by atoms with E-state index in [1.54, 1.807) is 0 Å². The van der Waals surface area contributed by atoms with E-state index in [4.69, 9.17) is 0 Å². The summed E-state index contributed by atoms with van der Waals surface area (Å²) in [6.07, 6.45) is 6.82. The Morgan fingerprint density at radius 1 is 0.833 bits per heavy atom. The number of carbonyl (C=O) groups excluding carboxylic acids is 2. The summed E-state index contributed by atoms with van der Waals surface area (Å²) in [5.74, 6) is 0.106. The molecule has 18 heavy (non-hydrogen) atoms. The van der Waals surface area contributed by atoms with E-state index in [1.807, 2.05) is 34.6 Å². The van der Waals surface area contributed by atoms with Crippen LogP contribution in [0.1, 0.15) is 54.4 Å². The molecule has 0 heterocycles. The van der Waals surface area contributed by atoms with Gasteiger partial charge in [0, 0.05) is 65.4 Å². The minimum atomic E-state index is 0. The fourth-order valence-corrected chi connectivity index (χ4v) is 0.756. The SMILES string of the molecule is CCC(=O)[C-]=C(C)C.CCC(C)=[C-]C(C)=O.[Y].[Y]. The van der Waals surface area contributed by atoms with Crippen molar-refractivity contribution in [2.45, 2.75) is 54.4 Å². The maximum atomic E-state index is 10.5. The Morgan fingerprint density at radius 2 is 1.28 bits per heavy atom. The molecular weight excluding hydrogens is 378 g/mol. The van der Waals surface area contributed by atoms with Crippen LogP contribution in [0.5, 0.6) is 0 Å². The predicted octanol–water partition coefficient (Wildman–Crippen LogP) is 3.46. The van der Waals surface area contributed by atoms with Gasteiger partial charge in [-0.2, -0.15) is 0 Å². The first-order valence-electron chi connectivity index (χ1n) is 5.53. The molecule has 0 amide bonds. The first kappa shape index (κ1) is 27.4. The van der Waals surface area contributed by atoms with Crippen molar-refractivity contribution in [1.82, 2.24) is 0 Å². The summed E-state index contributed by atoms with van der Waals surface area (Å²) in [5, 5.41) is 0. The van der Waals surface area contributed by atoms with Crippen molar-refractivity contribution in [2.24, 2.45) is 0 Å². The van der Waals surface area contributed by atoms with Gasteiger partial charge in [0.2, 0.25) is 0 Å². The van der Waals surface area contributed by atoms with Gasteiger partial charge in [-0.3, -0.25) is 11.1 Å². The van der Waals surface area contributed by atoms with Crippen molar-refractivity contribution in [3.63, 3.8) is 0 Å².